The summed E-state index contributed by atoms with van der Waals surface area (Å²) in [6, 6.07) is 10.2. The van der Waals surface area contributed by atoms with Gasteiger partial charge in [0.15, 0.2) is 0 Å². The Bertz CT molecular complexity index is 1140. The molecule has 33 heavy (non-hydrogen) atoms. The highest BCUT2D eigenvalue weighted by Gasteiger charge is 2.22. The number of hydrogen-bond acceptors (Lipinski definition) is 7. The first-order valence-electron chi connectivity index (χ1n) is 11.5. The van der Waals surface area contributed by atoms with Crippen molar-refractivity contribution < 1.29 is 9.47 Å². The minimum absolute atomic E-state index is 0.222. The maximum Gasteiger partial charge on any atom is 0.234 e. The Morgan fingerprint density at radius 2 is 1.91 bits per heavy atom. The van der Waals surface area contributed by atoms with E-state index in [-0.39, 0.29) is 5.82 Å². The maximum absolute atomic E-state index is 9.26. The van der Waals surface area contributed by atoms with Crippen LogP contribution in [0.2, 0.25) is 0 Å². The van der Waals surface area contributed by atoms with Crippen LogP contribution in [0.3, 0.4) is 0 Å². The van der Waals surface area contributed by atoms with Gasteiger partial charge in [-0.05, 0) is 24.1 Å². The first-order chi connectivity index (χ1) is 16.1. The summed E-state index contributed by atoms with van der Waals surface area (Å²) in [6.07, 6.45) is 2.86. The Hall–Kier alpha value is -3.31. The molecule has 8 heteroatoms. The zero-order valence-electron chi connectivity index (χ0n) is 19.9. The molecule has 174 valence electrons. The van der Waals surface area contributed by atoms with Crippen LogP contribution in [0.15, 0.2) is 30.5 Å². The van der Waals surface area contributed by atoms with Crippen LogP contribution in [-0.2, 0) is 13.1 Å². The second kappa shape index (κ2) is 10.1. The van der Waals surface area contributed by atoms with Gasteiger partial charge in [0.1, 0.15) is 23.2 Å². The van der Waals surface area contributed by atoms with Crippen LogP contribution < -0.4 is 14.4 Å². The molecule has 0 aliphatic carbocycles. The second-order valence-electron chi connectivity index (χ2n) is 8.65. The van der Waals surface area contributed by atoms with Crippen molar-refractivity contribution in [2.45, 2.75) is 33.4 Å². The predicted molar refractivity (Wildman–Crippen MR) is 129 cm³/mol. The van der Waals surface area contributed by atoms with Crippen molar-refractivity contribution in [1.82, 2.24) is 19.4 Å². The monoisotopic (exact) mass is 448 g/mol. The van der Waals surface area contributed by atoms with Crippen LogP contribution in [0, 0.1) is 17.2 Å². The minimum atomic E-state index is 0.222. The lowest BCUT2D eigenvalue weighted by Gasteiger charge is -2.36. The van der Waals surface area contributed by atoms with E-state index in [4.69, 9.17) is 9.47 Å². The van der Waals surface area contributed by atoms with Gasteiger partial charge in [0.05, 0.1) is 19.9 Å². The molecule has 1 atom stereocenters. The molecule has 0 N–H and O–H groups in total. The number of benzene rings is 1. The van der Waals surface area contributed by atoms with E-state index in [1.54, 1.807) is 20.4 Å². The zero-order chi connectivity index (χ0) is 23.4. The molecule has 1 unspecified atom stereocenters. The number of hydrogen-bond donors (Lipinski definition) is 0. The molecule has 0 amide bonds. The molecule has 1 aromatic carbocycles. The molecule has 3 heterocycles. The van der Waals surface area contributed by atoms with E-state index >= 15 is 0 Å². The molecule has 1 aliphatic rings. The molecule has 1 aliphatic heterocycles. The SMILES string of the molecule is CCC(C)Cn1c(CN2CCN(c3ccc(OC)cc3OC)CC2)cc2cnc(C#N)nc21. The first kappa shape index (κ1) is 22.9. The molecule has 1 saturated heterocycles. The molecule has 0 saturated carbocycles. The van der Waals surface area contributed by atoms with E-state index < -0.39 is 0 Å². The smallest absolute Gasteiger partial charge is 0.234 e. The number of aromatic nitrogens is 3. The van der Waals surface area contributed by atoms with Gasteiger partial charge < -0.3 is 18.9 Å². The zero-order valence-corrected chi connectivity index (χ0v) is 19.9. The van der Waals surface area contributed by atoms with Gasteiger partial charge >= 0.3 is 0 Å². The van der Waals surface area contributed by atoms with Gasteiger partial charge in [-0.1, -0.05) is 20.3 Å². The van der Waals surface area contributed by atoms with E-state index in [2.05, 4.69) is 56.4 Å². The number of piperazine rings is 1. The number of nitriles is 1. The van der Waals surface area contributed by atoms with Gasteiger partial charge in [-0.2, -0.15) is 5.26 Å². The molecule has 1 fully saturated rings. The Balaban J connectivity index is 1.51. The summed E-state index contributed by atoms with van der Waals surface area (Å²) >= 11 is 0. The lowest BCUT2D eigenvalue weighted by atomic mass is 10.1. The van der Waals surface area contributed by atoms with Gasteiger partial charge in [0.2, 0.25) is 5.82 Å². The number of methoxy groups -OCH3 is 2. The summed E-state index contributed by atoms with van der Waals surface area (Å²) in [5.74, 6) is 2.38. The van der Waals surface area contributed by atoms with Gasteiger partial charge in [-0.15, -0.1) is 0 Å². The van der Waals surface area contributed by atoms with Gasteiger partial charge in [-0.3, -0.25) is 4.90 Å². The Kier molecular flexibility index (Phi) is 6.99. The molecule has 3 aromatic rings. The normalized spacial score (nSPS) is 15.4. The summed E-state index contributed by atoms with van der Waals surface area (Å²) in [7, 11) is 3.37. The standard InChI is InChI=1S/C25H32N6O2/c1-5-18(2)16-31-20(12-19-15-27-24(14-26)28-25(19)31)17-29-8-10-30(11-9-29)22-7-6-21(32-3)13-23(22)33-4/h6-7,12-13,15,18H,5,8-11,16-17H2,1-4H3. The van der Waals surface area contributed by atoms with E-state index in [9.17, 15) is 5.26 Å². The van der Waals surface area contributed by atoms with E-state index in [1.165, 1.54) is 5.69 Å². The Morgan fingerprint density at radius 3 is 2.58 bits per heavy atom. The van der Waals surface area contributed by atoms with Crippen LogP contribution in [0.25, 0.3) is 11.0 Å². The lowest BCUT2D eigenvalue weighted by molar-refractivity contribution is 0.242. The topological polar surface area (TPSA) is 79.4 Å². The molecular weight excluding hydrogens is 416 g/mol. The van der Waals surface area contributed by atoms with Crippen molar-refractivity contribution in [2.24, 2.45) is 5.92 Å². The fourth-order valence-electron chi connectivity index (χ4n) is 4.35. The fraction of sp³-hybridized carbons (Fsp3) is 0.480. The van der Waals surface area contributed by atoms with Gasteiger partial charge in [-0.25, -0.2) is 9.97 Å². The first-order valence-corrected chi connectivity index (χ1v) is 11.5. The lowest BCUT2D eigenvalue weighted by Crippen LogP contribution is -2.46. The number of ether oxygens (including phenoxy) is 2. The van der Waals surface area contributed by atoms with E-state index in [0.717, 1.165) is 73.9 Å². The van der Waals surface area contributed by atoms with Crippen molar-refractivity contribution in [3.05, 3.63) is 42.0 Å². The molecule has 0 bridgehead atoms. The molecule has 8 nitrogen and oxygen atoms in total. The highest BCUT2D eigenvalue weighted by atomic mass is 16.5. The summed E-state index contributed by atoms with van der Waals surface area (Å²) < 4.78 is 13.2. The van der Waals surface area contributed by atoms with Crippen molar-refractivity contribution in [3.8, 4) is 17.6 Å². The van der Waals surface area contributed by atoms with Gasteiger partial charge in [0.25, 0.3) is 0 Å². The molecule has 2 aromatic heterocycles. The number of nitrogens with zero attached hydrogens (tertiary/aromatic N) is 6. The van der Waals surface area contributed by atoms with Crippen LogP contribution in [-0.4, -0.2) is 59.8 Å². The van der Waals surface area contributed by atoms with Crippen LogP contribution in [0.1, 0.15) is 31.8 Å². The van der Waals surface area contributed by atoms with Crippen molar-refractivity contribution in [3.63, 3.8) is 0 Å². The fourth-order valence-corrected chi connectivity index (χ4v) is 4.35. The highest BCUT2D eigenvalue weighted by molar-refractivity contribution is 5.77. The molecule has 4 rings (SSSR count). The summed E-state index contributed by atoms with van der Waals surface area (Å²) in [6.45, 7) is 9.95. The van der Waals surface area contributed by atoms with Crippen LogP contribution in [0.4, 0.5) is 5.69 Å². The number of rotatable bonds is 8. The third kappa shape index (κ3) is 4.88. The number of fused-ring (bicyclic) bond motifs is 1. The summed E-state index contributed by atoms with van der Waals surface area (Å²) in [5, 5.41) is 10.3. The molecule has 0 radical (unpaired) electrons. The van der Waals surface area contributed by atoms with E-state index in [1.807, 2.05) is 12.1 Å². The average molecular weight is 449 g/mol. The third-order valence-electron chi connectivity index (χ3n) is 6.50. The highest BCUT2D eigenvalue weighted by Crippen LogP contribution is 2.33. The summed E-state index contributed by atoms with van der Waals surface area (Å²) in [4.78, 5) is 13.5. The quantitative estimate of drug-likeness (QED) is 0.520. The number of anilines is 1. The van der Waals surface area contributed by atoms with Crippen molar-refractivity contribution in [1.29, 1.82) is 5.26 Å². The van der Waals surface area contributed by atoms with Crippen molar-refractivity contribution >= 4 is 16.7 Å². The largest absolute Gasteiger partial charge is 0.497 e. The minimum Gasteiger partial charge on any atom is -0.497 e. The Labute approximate surface area is 195 Å². The maximum atomic E-state index is 9.26. The van der Waals surface area contributed by atoms with E-state index in [0.29, 0.717) is 5.92 Å². The predicted octanol–water partition coefficient (Wildman–Crippen LogP) is 3.69. The third-order valence-corrected chi connectivity index (χ3v) is 6.50. The van der Waals surface area contributed by atoms with Crippen molar-refractivity contribution in [2.75, 3.05) is 45.3 Å². The van der Waals surface area contributed by atoms with Crippen LogP contribution in [0.5, 0.6) is 11.5 Å². The summed E-state index contributed by atoms with van der Waals surface area (Å²) in [5.41, 5.74) is 3.19. The molecular formula is C25H32N6O2. The second-order valence-corrected chi connectivity index (χ2v) is 8.65. The van der Waals surface area contributed by atoms with Crippen LogP contribution >= 0.6 is 0 Å². The average Bonchev–Trinajstić information content (AvgIpc) is 3.19. The Morgan fingerprint density at radius 1 is 1.12 bits per heavy atom. The van der Waals surface area contributed by atoms with Gasteiger partial charge in [0, 0.05) is 62.6 Å². The molecule has 0 spiro atoms.